The number of amides is 1. The maximum absolute atomic E-state index is 12.6. The van der Waals surface area contributed by atoms with E-state index in [1.54, 1.807) is 11.6 Å². The highest BCUT2D eigenvalue weighted by Gasteiger charge is 2.17. The number of nitrogens with zero attached hydrogens (tertiary/aromatic N) is 4. The molecule has 0 saturated heterocycles. The van der Waals surface area contributed by atoms with Crippen molar-refractivity contribution in [2.24, 2.45) is 14.1 Å². The van der Waals surface area contributed by atoms with E-state index in [-0.39, 0.29) is 23.9 Å². The molecule has 1 aromatic carbocycles. The first kappa shape index (κ1) is 17.7. The fraction of sp³-hybridized carbons (Fsp3) is 0.333. The highest BCUT2D eigenvalue weighted by Crippen LogP contribution is 2.12. The predicted octanol–water partition coefficient (Wildman–Crippen LogP) is 0.354. The number of fused-ring (bicyclic) bond motifs is 1. The molecular formula is C18H21N5O3. The quantitative estimate of drug-likeness (QED) is 0.715. The van der Waals surface area contributed by atoms with Gasteiger partial charge < -0.3 is 9.88 Å². The smallest absolute Gasteiger partial charge is 0.332 e. The zero-order valence-corrected chi connectivity index (χ0v) is 15.0. The van der Waals surface area contributed by atoms with E-state index in [1.807, 2.05) is 37.3 Å². The molecule has 0 saturated carbocycles. The van der Waals surface area contributed by atoms with Gasteiger partial charge in [0.2, 0.25) is 5.91 Å². The van der Waals surface area contributed by atoms with E-state index >= 15 is 0 Å². The second kappa shape index (κ2) is 6.99. The number of hydrogen-bond acceptors (Lipinski definition) is 4. The third kappa shape index (κ3) is 3.17. The van der Waals surface area contributed by atoms with Crippen LogP contribution in [0.25, 0.3) is 11.2 Å². The van der Waals surface area contributed by atoms with Gasteiger partial charge in [-0.25, -0.2) is 14.3 Å². The number of carbonyl (C=O) groups excluding carboxylic acids is 1. The van der Waals surface area contributed by atoms with Gasteiger partial charge in [0.1, 0.15) is 6.54 Å². The molecule has 1 atom stereocenters. The van der Waals surface area contributed by atoms with Gasteiger partial charge in [-0.1, -0.05) is 37.3 Å². The fourth-order valence-electron chi connectivity index (χ4n) is 2.90. The Hall–Kier alpha value is -3.16. The van der Waals surface area contributed by atoms with Gasteiger partial charge in [0.15, 0.2) is 11.2 Å². The van der Waals surface area contributed by atoms with Crippen LogP contribution in [0.4, 0.5) is 0 Å². The molecule has 0 fully saturated rings. The molecule has 0 aliphatic rings. The predicted molar refractivity (Wildman–Crippen MR) is 98.1 cm³/mol. The normalized spacial score (nSPS) is 12.3. The van der Waals surface area contributed by atoms with Gasteiger partial charge in [0, 0.05) is 20.6 Å². The van der Waals surface area contributed by atoms with Crippen LogP contribution in [0.3, 0.4) is 0 Å². The summed E-state index contributed by atoms with van der Waals surface area (Å²) in [5.41, 5.74) is 0.619. The van der Waals surface area contributed by atoms with Crippen LogP contribution < -0.4 is 16.6 Å². The van der Waals surface area contributed by atoms with Crippen molar-refractivity contribution in [1.82, 2.24) is 24.0 Å². The van der Waals surface area contributed by atoms with Crippen LogP contribution in [0.1, 0.15) is 18.4 Å². The van der Waals surface area contributed by atoms with Gasteiger partial charge in [-0.2, -0.15) is 0 Å². The average molecular weight is 355 g/mol. The number of aromatic nitrogens is 4. The van der Waals surface area contributed by atoms with Gasteiger partial charge in [0.25, 0.3) is 5.56 Å². The number of aryl methyl sites for hydroxylation is 2. The van der Waals surface area contributed by atoms with E-state index in [2.05, 4.69) is 10.3 Å². The molecule has 3 aromatic rings. The Morgan fingerprint density at radius 1 is 1.19 bits per heavy atom. The van der Waals surface area contributed by atoms with Crippen molar-refractivity contribution in [2.75, 3.05) is 6.54 Å². The van der Waals surface area contributed by atoms with Gasteiger partial charge in [0.05, 0.1) is 6.33 Å². The summed E-state index contributed by atoms with van der Waals surface area (Å²) in [6, 6.07) is 9.81. The lowest BCUT2D eigenvalue weighted by Gasteiger charge is -2.14. The number of benzene rings is 1. The van der Waals surface area contributed by atoms with Crippen molar-refractivity contribution in [2.45, 2.75) is 19.4 Å². The molecule has 1 N–H and O–H groups in total. The van der Waals surface area contributed by atoms with E-state index in [9.17, 15) is 14.4 Å². The summed E-state index contributed by atoms with van der Waals surface area (Å²) in [7, 11) is 3.20. The van der Waals surface area contributed by atoms with Gasteiger partial charge in [-0.05, 0) is 11.5 Å². The maximum atomic E-state index is 12.6. The third-order valence-corrected chi connectivity index (χ3v) is 4.48. The summed E-state index contributed by atoms with van der Waals surface area (Å²) in [5.74, 6) is -0.257. The second-order valence-corrected chi connectivity index (χ2v) is 6.38. The summed E-state index contributed by atoms with van der Waals surface area (Å²) in [6.45, 7) is 2.10. The topological polar surface area (TPSA) is 90.9 Å². The molecule has 26 heavy (non-hydrogen) atoms. The lowest BCUT2D eigenvalue weighted by molar-refractivity contribution is -0.121. The van der Waals surface area contributed by atoms with Gasteiger partial charge in [-0.15, -0.1) is 0 Å². The Balaban J connectivity index is 1.79. The SMILES string of the molecule is C[C@@H](CNC(=O)Cn1c(=O)c2c(ncn2C)n(C)c1=O)c1ccccc1. The third-order valence-electron chi connectivity index (χ3n) is 4.48. The van der Waals surface area contributed by atoms with Crippen LogP contribution >= 0.6 is 0 Å². The van der Waals surface area contributed by atoms with Crippen molar-refractivity contribution in [1.29, 1.82) is 0 Å². The zero-order chi connectivity index (χ0) is 18.8. The number of nitrogens with one attached hydrogen (secondary N) is 1. The van der Waals surface area contributed by atoms with E-state index < -0.39 is 11.2 Å². The largest absolute Gasteiger partial charge is 0.354 e. The molecule has 0 bridgehead atoms. The second-order valence-electron chi connectivity index (χ2n) is 6.38. The van der Waals surface area contributed by atoms with Crippen LogP contribution in [0, 0.1) is 0 Å². The van der Waals surface area contributed by atoms with E-state index in [1.165, 1.54) is 17.9 Å². The Morgan fingerprint density at radius 3 is 2.58 bits per heavy atom. The van der Waals surface area contributed by atoms with Crippen LogP contribution in [0.2, 0.25) is 0 Å². The molecule has 0 aliphatic heterocycles. The molecule has 8 nitrogen and oxygen atoms in total. The Bertz CT molecular complexity index is 1060. The summed E-state index contributed by atoms with van der Waals surface area (Å²) in [4.78, 5) is 41.3. The lowest BCUT2D eigenvalue weighted by atomic mass is 10.0. The van der Waals surface area contributed by atoms with Crippen molar-refractivity contribution in [3.8, 4) is 0 Å². The minimum absolute atomic E-state index is 0.124. The highest BCUT2D eigenvalue weighted by atomic mass is 16.2. The minimum atomic E-state index is -0.563. The number of hydrogen-bond donors (Lipinski definition) is 1. The number of imidazole rings is 1. The molecule has 0 spiro atoms. The average Bonchev–Trinajstić information content (AvgIpc) is 3.04. The van der Waals surface area contributed by atoms with Crippen LogP contribution in [0.15, 0.2) is 46.2 Å². The van der Waals surface area contributed by atoms with Crippen LogP contribution in [-0.4, -0.2) is 31.1 Å². The molecule has 136 valence electrons. The molecule has 2 aromatic heterocycles. The summed E-state index contributed by atoms with van der Waals surface area (Å²) in [5, 5.41) is 2.79. The first-order valence-corrected chi connectivity index (χ1v) is 8.32. The van der Waals surface area contributed by atoms with Crippen molar-refractivity contribution in [3.63, 3.8) is 0 Å². The minimum Gasteiger partial charge on any atom is -0.354 e. The van der Waals surface area contributed by atoms with Gasteiger partial charge >= 0.3 is 5.69 Å². The molecule has 0 aliphatic carbocycles. The van der Waals surface area contributed by atoms with E-state index in [4.69, 9.17) is 0 Å². The number of carbonyl (C=O) groups is 1. The molecule has 8 heteroatoms. The van der Waals surface area contributed by atoms with E-state index in [0.29, 0.717) is 12.2 Å². The first-order valence-electron chi connectivity index (χ1n) is 8.32. The highest BCUT2D eigenvalue weighted by molar-refractivity contribution is 5.76. The fourth-order valence-corrected chi connectivity index (χ4v) is 2.90. The van der Waals surface area contributed by atoms with Crippen molar-refractivity contribution in [3.05, 3.63) is 63.1 Å². The maximum Gasteiger partial charge on any atom is 0.332 e. The lowest BCUT2D eigenvalue weighted by Crippen LogP contribution is -2.44. The van der Waals surface area contributed by atoms with Crippen LogP contribution in [-0.2, 0) is 25.4 Å². The molecular weight excluding hydrogens is 334 g/mol. The molecule has 0 unspecified atom stereocenters. The molecule has 2 heterocycles. The van der Waals surface area contributed by atoms with Crippen molar-refractivity contribution < 1.29 is 4.79 Å². The Morgan fingerprint density at radius 2 is 1.88 bits per heavy atom. The number of rotatable bonds is 5. The monoisotopic (exact) mass is 355 g/mol. The van der Waals surface area contributed by atoms with Gasteiger partial charge in [-0.3, -0.25) is 14.2 Å². The standard InChI is InChI=1S/C18H21N5O3/c1-12(13-7-5-4-6-8-13)9-19-14(24)10-23-17(25)15-16(20-11-21(15)2)22(3)18(23)26/h4-8,11-12H,9-10H2,1-3H3,(H,19,24)/t12-/m0/s1. The van der Waals surface area contributed by atoms with Crippen LogP contribution in [0.5, 0.6) is 0 Å². The van der Waals surface area contributed by atoms with E-state index in [0.717, 1.165) is 10.1 Å². The first-order chi connectivity index (χ1) is 12.4. The summed E-state index contributed by atoms with van der Waals surface area (Å²) >= 11 is 0. The Kier molecular flexibility index (Phi) is 4.75. The summed E-state index contributed by atoms with van der Waals surface area (Å²) in [6.07, 6.45) is 1.47. The Labute approximate surface area is 149 Å². The molecule has 0 radical (unpaired) electrons. The zero-order valence-electron chi connectivity index (χ0n) is 15.0. The molecule has 1 amide bonds. The summed E-state index contributed by atoms with van der Waals surface area (Å²) < 4.78 is 3.76. The molecule has 3 rings (SSSR count). The van der Waals surface area contributed by atoms with Crippen molar-refractivity contribution >= 4 is 17.1 Å².